The monoisotopic (exact) mass is 342 g/mol. The fourth-order valence-electron chi connectivity index (χ4n) is 4.15. The van der Waals surface area contributed by atoms with Crippen LogP contribution in [0.5, 0.6) is 0 Å². The Morgan fingerprint density at radius 2 is 1.88 bits per heavy atom. The molecule has 0 aromatic heterocycles. The Morgan fingerprint density at radius 1 is 1.16 bits per heavy atom. The van der Waals surface area contributed by atoms with Crippen LogP contribution in [0.25, 0.3) is 0 Å². The number of rotatable bonds is 3. The van der Waals surface area contributed by atoms with Gasteiger partial charge in [0.1, 0.15) is 0 Å². The highest BCUT2D eigenvalue weighted by Crippen LogP contribution is 2.37. The van der Waals surface area contributed by atoms with Crippen molar-refractivity contribution in [2.24, 2.45) is 5.92 Å². The Kier molecular flexibility index (Phi) is 4.37. The first kappa shape index (κ1) is 17.0. The van der Waals surface area contributed by atoms with Crippen LogP contribution in [0, 0.1) is 5.92 Å². The summed E-state index contributed by atoms with van der Waals surface area (Å²) in [7, 11) is 0. The first-order chi connectivity index (χ1) is 11.9. The van der Waals surface area contributed by atoms with Crippen molar-refractivity contribution in [1.82, 2.24) is 10.2 Å². The molecule has 1 aliphatic carbocycles. The van der Waals surface area contributed by atoms with Crippen molar-refractivity contribution in [2.45, 2.75) is 63.6 Å². The molecule has 2 aliphatic heterocycles. The zero-order chi connectivity index (χ0) is 17.6. The normalized spacial score (nSPS) is 30.1. The van der Waals surface area contributed by atoms with E-state index in [2.05, 4.69) is 43.1 Å². The summed E-state index contributed by atoms with van der Waals surface area (Å²) in [6, 6.07) is 8.75. The molecule has 0 unspecified atom stereocenters. The SMILES string of the molecule is CC(C)(C)c1ccc(C(=O)N[C@H]2C[C@H]3CO[C@@H](C4CC4)CN3C2)cc1. The molecule has 136 valence electrons. The number of nitrogens with one attached hydrogen (secondary N) is 1. The molecular formula is C21H30N2O2. The maximum absolute atomic E-state index is 12.6. The van der Waals surface area contributed by atoms with Gasteiger partial charge in [-0.25, -0.2) is 0 Å². The van der Waals surface area contributed by atoms with Crippen LogP contribution >= 0.6 is 0 Å². The third-order valence-electron chi connectivity index (χ3n) is 5.94. The van der Waals surface area contributed by atoms with Crippen LogP contribution in [0.4, 0.5) is 0 Å². The van der Waals surface area contributed by atoms with Crippen molar-refractivity contribution in [1.29, 1.82) is 0 Å². The summed E-state index contributed by atoms with van der Waals surface area (Å²) in [4.78, 5) is 15.1. The molecule has 2 saturated heterocycles. The highest BCUT2D eigenvalue weighted by molar-refractivity contribution is 5.94. The topological polar surface area (TPSA) is 41.6 Å². The largest absolute Gasteiger partial charge is 0.375 e. The van der Waals surface area contributed by atoms with E-state index >= 15 is 0 Å². The Morgan fingerprint density at radius 3 is 2.52 bits per heavy atom. The molecule has 1 aromatic carbocycles. The molecule has 25 heavy (non-hydrogen) atoms. The van der Waals surface area contributed by atoms with Crippen molar-refractivity contribution in [3.63, 3.8) is 0 Å². The summed E-state index contributed by atoms with van der Waals surface area (Å²) in [5, 5.41) is 3.23. The van der Waals surface area contributed by atoms with E-state index in [9.17, 15) is 4.79 Å². The van der Waals surface area contributed by atoms with Crippen LogP contribution in [0.15, 0.2) is 24.3 Å². The summed E-state index contributed by atoms with van der Waals surface area (Å²) in [6.07, 6.45) is 4.08. The highest BCUT2D eigenvalue weighted by atomic mass is 16.5. The van der Waals surface area contributed by atoms with Gasteiger partial charge in [-0.2, -0.15) is 0 Å². The molecular weight excluding hydrogens is 312 g/mol. The molecule has 4 heteroatoms. The number of amides is 1. The molecule has 3 fully saturated rings. The van der Waals surface area contributed by atoms with Gasteiger partial charge in [-0.1, -0.05) is 32.9 Å². The molecule has 4 nitrogen and oxygen atoms in total. The predicted octanol–water partition coefficient (Wildman–Crippen LogP) is 2.97. The fraction of sp³-hybridized carbons (Fsp3) is 0.667. The van der Waals surface area contributed by atoms with Gasteiger partial charge in [-0.05, 0) is 48.3 Å². The van der Waals surface area contributed by atoms with Gasteiger partial charge in [0.25, 0.3) is 5.91 Å². The molecule has 1 aromatic rings. The van der Waals surface area contributed by atoms with E-state index in [0.717, 1.165) is 37.6 Å². The van der Waals surface area contributed by atoms with Crippen molar-refractivity contribution in [2.75, 3.05) is 19.7 Å². The minimum Gasteiger partial charge on any atom is -0.375 e. The van der Waals surface area contributed by atoms with Crippen LogP contribution in [0.1, 0.15) is 56.0 Å². The summed E-state index contributed by atoms with van der Waals surface area (Å²) in [5.74, 6) is 0.834. The van der Waals surface area contributed by atoms with Gasteiger partial charge in [-0.3, -0.25) is 9.69 Å². The number of hydrogen-bond donors (Lipinski definition) is 1. The summed E-state index contributed by atoms with van der Waals surface area (Å²) >= 11 is 0. The second kappa shape index (κ2) is 6.40. The van der Waals surface area contributed by atoms with Gasteiger partial charge in [0.15, 0.2) is 0 Å². The lowest BCUT2D eigenvalue weighted by atomic mass is 9.86. The van der Waals surface area contributed by atoms with Gasteiger partial charge in [0.2, 0.25) is 0 Å². The van der Waals surface area contributed by atoms with Crippen LogP contribution in [0.2, 0.25) is 0 Å². The number of carbonyl (C=O) groups is 1. The number of ether oxygens (including phenoxy) is 1. The first-order valence-corrected chi connectivity index (χ1v) is 9.67. The second-order valence-electron chi connectivity index (χ2n) is 9.05. The third-order valence-corrected chi connectivity index (χ3v) is 5.94. The molecule has 3 aliphatic rings. The van der Waals surface area contributed by atoms with E-state index in [1.807, 2.05) is 12.1 Å². The Hall–Kier alpha value is -1.39. The zero-order valence-corrected chi connectivity index (χ0v) is 15.6. The molecule has 1 saturated carbocycles. The maximum atomic E-state index is 12.6. The molecule has 0 spiro atoms. The molecule has 1 N–H and O–H groups in total. The average Bonchev–Trinajstić information content (AvgIpc) is 3.34. The second-order valence-corrected chi connectivity index (χ2v) is 9.05. The Bertz CT molecular complexity index is 630. The minimum atomic E-state index is 0.0463. The standard InChI is InChI=1S/C21H30N2O2/c1-21(2,3)16-8-6-15(7-9-16)20(24)22-17-10-18-13-25-19(14-4-5-14)12-23(18)11-17/h6-9,14,17-19H,4-5,10-13H2,1-3H3,(H,22,24)/t17-,18-,19+/m0/s1. The maximum Gasteiger partial charge on any atom is 0.251 e. The lowest BCUT2D eigenvalue weighted by molar-refractivity contribution is -0.0581. The molecule has 4 rings (SSSR count). The number of fused-ring (bicyclic) bond motifs is 1. The van der Waals surface area contributed by atoms with E-state index in [4.69, 9.17) is 4.74 Å². The molecule has 0 radical (unpaired) electrons. The number of hydrogen-bond acceptors (Lipinski definition) is 3. The summed E-state index contributed by atoms with van der Waals surface area (Å²) < 4.78 is 6.04. The van der Waals surface area contributed by atoms with Crippen molar-refractivity contribution in [3.05, 3.63) is 35.4 Å². The fourth-order valence-corrected chi connectivity index (χ4v) is 4.15. The van der Waals surface area contributed by atoms with Crippen molar-refractivity contribution >= 4 is 5.91 Å². The Labute approximate surface area is 150 Å². The van der Waals surface area contributed by atoms with Gasteiger partial charge in [0, 0.05) is 30.7 Å². The van der Waals surface area contributed by atoms with Crippen LogP contribution < -0.4 is 5.32 Å². The van der Waals surface area contributed by atoms with Crippen LogP contribution in [0.3, 0.4) is 0 Å². The van der Waals surface area contributed by atoms with Crippen molar-refractivity contribution < 1.29 is 9.53 Å². The van der Waals surface area contributed by atoms with Gasteiger partial charge in [0.05, 0.1) is 12.7 Å². The number of carbonyl (C=O) groups excluding carboxylic acids is 1. The van der Waals surface area contributed by atoms with E-state index in [-0.39, 0.29) is 17.4 Å². The lowest BCUT2D eigenvalue weighted by Crippen LogP contribution is -2.47. The van der Waals surface area contributed by atoms with Crippen molar-refractivity contribution in [3.8, 4) is 0 Å². The zero-order valence-electron chi connectivity index (χ0n) is 15.6. The highest BCUT2D eigenvalue weighted by Gasteiger charge is 2.42. The number of morpholine rings is 1. The van der Waals surface area contributed by atoms with Gasteiger partial charge < -0.3 is 10.1 Å². The molecule has 0 bridgehead atoms. The quantitative estimate of drug-likeness (QED) is 0.918. The third kappa shape index (κ3) is 3.75. The van der Waals surface area contributed by atoms with E-state index in [1.165, 1.54) is 18.4 Å². The summed E-state index contributed by atoms with van der Waals surface area (Å²) in [6.45, 7) is 9.40. The Balaban J connectivity index is 1.34. The summed E-state index contributed by atoms with van der Waals surface area (Å²) in [5.41, 5.74) is 2.12. The average molecular weight is 342 g/mol. The minimum absolute atomic E-state index is 0.0463. The smallest absolute Gasteiger partial charge is 0.251 e. The van der Waals surface area contributed by atoms with E-state index < -0.39 is 0 Å². The molecule has 2 heterocycles. The van der Waals surface area contributed by atoms with Crippen LogP contribution in [-0.2, 0) is 10.2 Å². The van der Waals surface area contributed by atoms with E-state index in [0.29, 0.717) is 12.1 Å². The number of benzene rings is 1. The lowest BCUT2D eigenvalue weighted by Gasteiger charge is -2.35. The van der Waals surface area contributed by atoms with Crippen LogP contribution in [-0.4, -0.2) is 48.7 Å². The first-order valence-electron chi connectivity index (χ1n) is 9.67. The predicted molar refractivity (Wildman–Crippen MR) is 98.8 cm³/mol. The van der Waals surface area contributed by atoms with Gasteiger partial charge in [-0.15, -0.1) is 0 Å². The van der Waals surface area contributed by atoms with Gasteiger partial charge >= 0.3 is 0 Å². The molecule has 3 atom stereocenters. The molecule has 1 amide bonds. The van der Waals surface area contributed by atoms with E-state index in [1.54, 1.807) is 0 Å². The number of nitrogens with zero attached hydrogens (tertiary/aromatic N) is 1.